The Bertz CT molecular complexity index is 1440. The van der Waals surface area contributed by atoms with Gasteiger partial charge in [-0.3, -0.25) is 4.79 Å². The minimum Gasteiger partial charge on any atom is -0.546 e. The van der Waals surface area contributed by atoms with E-state index in [4.69, 9.17) is 9.47 Å². The molecule has 0 saturated heterocycles. The number of carboxylic acid groups (broad SMARTS) is 1. The first-order chi connectivity index (χ1) is 18.4. The summed E-state index contributed by atoms with van der Waals surface area (Å²) in [6.07, 6.45) is 1.38. The summed E-state index contributed by atoms with van der Waals surface area (Å²) >= 11 is 1.25. The van der Waals surface area contributed by atoms with E-state index >= 15 is 0 Å². The second-order valence-electron chi connectivity index (χ2n) is 8.03. The molecule has 11 heteroatoms. The molecule has 1 heterocycles. The number of hydrogen-bond donors (Lipinski definition) is 2. The molecule has 0 aliphatic heterocycles. The number of hydrazone groups is 1. The molecular formula is C27H25N5O5S. The number of H-pyrrole nitrogens is 1. The number of amides is 1. The summed E-state index contributed by atoms with van der Waals surface area (Å²) in [7, 11) is 1.61. The summed E-state index contributed by atoms with van der Waals surface area (Å²) in [5.41, 5.74) is 5.92. The maximum absolute atomic E-state index is 12.5. The average Bonchev–Trinajstić information content (AvgIpc) is 3.35. The molecule has 0 unspecified atom stereocenters. The molecular weight excluding hydrogens is 506 g/mol. The number of aromatic amines is 1. The van der Waals surface area contributed by atoms with Gasteiger partial charge in [0.15, 0.2) is 0 Å². The Morgan fingerprint density at radius 1 is 1.11 bits per heavy atom. The maximum Gasteiger partial charge on any atom is 0.342 e. The molecule has 3 aromatic carbocycles. The van der Waals surface area contributed by atoms with Gasteiger partial charge < -0.3 is 19.4 Å². The van der Waals surface area contributed by atoms with Crippen molar-refractivity contribution in [2.45, 2.75) is 12.1 Å². The fraction of sp³-hybridized carbons (Fsp3) is 0.148. The van der Waals surface area contributed by atoms with Crippen molar-refractivity contribution in [3.8, 4) is 28.6 Å². The van der Waals surface area contributed by atoms with E-state index in [-0.39, 0.29) is 11.7 Å². The van der Waals surface area contributed by atoms with E-state index in [0.29, 0.717) is 16.5 Å². The molecule has 0 fully saturated rings. The number of thioether (sulfide) groups is 1. The van der Waals surface area contributed by atoms with Gasteiger partial charge in [-0.05, 0) is 67.2 Å². The van der Waals surface area contributed by atoms with Crippen LogP contribution in [0.3, 0.4) is 0 Å². The lowest BCUT2D eigenvalue weighted by Crippen LogP contribution is -2.34. The smallest absolute Gasteiger partial charge is 0.342 e. The normalized spacial score (nSPS) is 10.9. The van der Waals surface area contributed by atoms with Crippen LogP contribution in [0.1, 0.15) is 11.1 Å². The number of para-hydroxylation sites is 1. The summed E-state index contributed by atoms with van der Waals surface area (Å²) in [4.78, 5) is 23.2. The highest BCUT2D eigenvalue weighted by molar-refractivity contribution is 7.99. The van der Waals surface area contributed by atoms with E-state index in [1.54, 1.807) is 31.4 Å². The van der Waals surface area contributed by atoms with Crippen molar-refractivity contribution in [1.82, 2.24) is 15.6 Å². The number of aromatic nitrogens is 3. The van der Waals surface area contributed by atoms with Gasteiger partial charge in [-0.25, -0.2) is 5.43 Å². The SMILES string of the molecule is COc1ccc(-[n+]2c(SCC(=O)NN=Cc3ccccc3OCC(=O)[O-])n[nH]c2-c2ccc(C)cc2)cc1. The first-order valence-corrected chi connectivity index (χ1v) is 12.5. The third-order valence-electron chi connectivity index (χ3n) is 5.32. The number of carboxylic acids is 1. The van der Waals surface area contributed by atoms with Crippen molar-refractivity contribution < 1.29 is 28.7 Å². The fourth-order valence-corrected chi connectivity index (χ4v) is 4.22. The van der Waals surface area contributed by atoms with Crippen LogP contribution in [0.4, 0.5) is 0 Å². The van der Waals surface area contributed by atoms with E-state index in [2.05, 4.69) is 20.7 Å². The zero-order chi connectivity index (χ0) is 26.9. The van der Waals surface area contributed by atoms with Crippen molar-refractivity contribution >= 4 is 29.9 Å². The van der Waals surface area contributed by atoms with Crippen molar-refractivity contribution in [3.05, 3.63) is 83.9 Å². The van der Waals surface area contributed by atoms with Gasteiger partial charge in [0.05, 0.1) is 35.7 Å². The number of carbonyl (C=O) groups excluding carboxylic acids is 2. The number of nitrogens with zero attached hydrogens (tertiary/aromatic N) is 3. The van der Waals surface area contributed by atoms with Crippen LogP contribution in [0.25, 0.3) is 17.1 Å². The fourth-order valence-electron chi connectivity index (χ4n) is 3.46. The third kappa shape index (κ3) is 6.77. The Hall–Kier alpha value is -4.64. The summed E-state index contributed by atoms with van der Waals surface area (Å²) in [6, 6.07) is 22.3. The number of carbonyl (C=O) groups is 2. The van der Waals surface area contributed by atoms with Crippen LogP contribution in [0.5, 0.6) is 11.5 Å². The molecule has 0 aliphatic carbocycles. The number of methoxy groups -OCH3 is 1. The molecule has 10 nitrogen and oxygen atoms in total. The Morgan fingerprint density at radius 2 is 1.84 bits per heavy atom. The van der Waals surface area contributed by atoms with Crippen molar-refractivity contribution in [1.29, 1.82) is 0 Å². The van der Waals surface area contributed by atoms with Crippen molar-refractivity contribution in [2.75, 3.05) is 19.5 Å². The Labute approximate surface area is 223 Å². The van der Waals surface area contributed by atoms with Gasteiger partial charge in [-0.2, -0.15) is 9.67 Å². The van der Waals surface area contributed by atoms with Gasteiger partial charge in [0, 0.05) is 5.56 Å². The largest absolute Gasteiger partial charge is 0.546 e. The molecule has 0 radical (unpaired) electrons. The van der Waals surface area contributed by atoms with E-state index in [9.17, 15) is 14.7 Å². The zero-order valence-electron chi connectivity index (χ0n) is 20.7. The van der Waals surface area contributed by atoms with Crippen LogP contribution in [-0.4, -0.2) is 47.8 Å². The zero-order valence-corrected chi connectivity index (χ0v) is 21.5. The van der Waals surface area contributed by atoms with E-state index in [0.717, 1.165) is 28.4 Å². The number of aryl methyl sites for hydroxylation is 1. The second-order valence-corrected chi connectivity index (χ2v) is 8.98. The Kier molecular flexibility index (Phi) is 8.73. The molecule has 0 atom stereocenters. The molecule has 0 saturated carbocycles. The van der Waals surface area contributed by atoms with Crippen LogP contribution in [0.2, 0.25) is 0 Å². The van der Waals surface area contributed by atoms with Crippen LogP contribution in [-0.2, 0) is 9.59 Å². The molecule has 194 valence electrons. The summed E-state index contributed by atoms with van der Waals surface area (Å²) in [6.45, 7) is 1.44. The number of ether oxygens (including phenoxy) is 2. The predicted molar refractivity (Wildman–Crippen MR) is 140 cm³/mol. The summed E-state index contributed by atoms with van der Waals surface area (Å²) < 4.78 is 12.4. The van der Waals surface area contributed by atoms with Gasteiger partial charge in [0.2, 0.25) is 0 Å². The molecule has 4 aromatic rings. The van der Waals surface area contributed by atoms with Gasteiger partial charge in [-0.1, -0.05) is 29.8 Å². The van der Waals surface area contributed by atoms with Gasteiger partial charge >= 0.3 is 5.16 Å². The number of rotatable bonds is 11. The molecule has 4 rings (SSSR count). The first-order valence-electron chi connectivity index (χ1n) is 11.5. The molecule has 0 aliphatic rings. The van der Waals surface area contributed by atoms with E-state index in [1.165, 1.54) is 18.0 Å². The van der Waals surface area contributed by atoms with Crippen LogP contribution in [0, 0.1) is 6.92 Å². The summed E-state index contributed by atoms with van der Waals surface area (Å²) in [5.74, 6) is 0.175. The highest BCUT2D eigenvalue weighted by atomic mass is 32.2. The molecule has 0 spiro atoms. The maximum atomic E-state index is 12.5. The quantitative estimate of drug-likeness (QED) is 0.131. The lowest BCUT2D eigenvalue weighted by molar-refractivity contribution is -0.625. The molecule has 0 bridgehead atoms. The molecule has 1 aromatic heterocycles. The molecule has 2 N–H and O–H groups in total. The monoisotopic (exact) mass is 531 g/mol. The van der Waals surface area contributed by atoms with Crippen LogP contribution >= 0.6 is 11.8 Å². The topological polar surface area (TPSA) is 133 Å². The lowest BCUT2D eigenvalue weighted by Gasteiger charge is -2.09. The van der Waals surface area contributed by atoms with Crippen LogP contribution in [0.15, 0.2) is 83.1 Å². The van der Waals surface area contributed by atoms with Crippen LogP contribution < -0.4 is 24.6 Å². The Morgan fingerprint density at radius 3 is 2.55 bits per heavy atom. The van der Waals surface area contributed by atoms with E-state index in [1.807, 2.05) is 60.0 Å². The second kappa shape index (κ2) is 12.5. The van der Waals surface area contributed by atoms with Gasteiger partial charge in [0.25, 0.3) is 11.7 Å². The molecule has 38 heavy (non-hydrogen) atoms. The minimum atomic E-state index is -1.34. The molecule has 1 amide bonds. The summed E-state index contributed by atoms with van der Waals surface area (Å²) in [5, 5.41) is 22.8. The number of hydrogen-bond acceptors (Lipinski definition) is 8. The predicted octanol–water partition coefficient (Wildman–Crippen LogP) is 2.04. The number of benzene rings is 3. The van der Waals surface area contributed by atoms with Crippen molar-refractivity contribution in [2.24, 2.45) is 5.10 Å². The van der Waals surface area contributed by atoms with Gasteiger partial charge in [-0.15, -0.1) is 5.10 Å². The van der Waals surface area contributed by atoms with Gasteiger partial charge in [0.1, 0.15) is 23.8 Å². The minimum absolute atomic E-state index is 0.0501. The first kappa shape index (κ1) is 26.4. The highest BCUT2D eigenvalue weighted by Crippen LogP contribution is 2.22. The standard InChI is InChI=1S/C27H25N5O5S/c1-18-7-9-19(10-8-18)26-30-31-27(32(26)21-11-13-22(36-2)14-12-21)38-17-24(33)29-28-15-20-5-3-4-6-23(20)37-16-25(34)35/h3-15H,16-17H2,1-2H3,(H2,29,33,34,35). The van der Waals surface area contributed by atoms with E-state index < -0.39 is 12.6 Å². The number of nitrogens with one attached hydrogen (secondary N) is 2. The average molecular weight is 532 g/mol. The lowest BCUT2D eigenvalue weighted by atomic mass is 10.1. The third-order valence-corrected chi connectivity index (χ3v) is 6.26. The highest BCUT2D eigenvalue weighted by Gasteiger charge is 2.24. The van der Waals surface area contributed by atoms with Crippen molar-refractivity contribution in [3.63, 3.8) is 0 Å². The number of aliphatic carboxylic acids is 1. The Balaban J connectivity index is 1.48.